The van der Waals surface area contributed by atoms with Crippen LogP contribution in [0.25, 0.3) is 0 Å². The van der Waals surface area contributed by atoms with Gasteiger partial charge < -0.3 is 10.5 Å². The summed E-state index contributed by atoms with van der Waals surface area (Å²) in [5.74, 6) is 0.123. The summed E-state index contributed by atoms with van der Waals surface area (Å²) >= 11 is 0. The zero-order valence-corrected chi connectivity index (χ0v) is 8.08. The maximum absolute atomic E-state index is 11.3. The largest absolute Gasteiger partial charge is 0.469 e. The molecule has 2 fully saturated rings. The molecule has 0 saturated heterocycles. The van der Waals surface area contributed by atoms with Crippen molar-refractivity contribution in [3.8, 4) is 0 Å². The van der Waals surface area contributed by atoms with Gasteiger partial charge in [-0.05, 0) is 31.1 Å². The van der Waals surface area contributed by atoms with Crippen LogP contribution < -0.4 is 5.73 Å². The molecule has 0 bridgehead atoms. The Hall–Kier alpha value is -0.570. The van der Waals surface area contributed by atoms with Gasteiger partial charge >= 0.3 is 5.97 Å². The Bertz CT molecular complexity index is 229. The molecule has 3 atom stereocenters. The number of esters is 1. The molecule has 0 heterocycles. The first kappa shape index (κ1) is 9.00. The standard InChI is InChI=1S/C10H17NO2/c1-13-9(12)8-6-10(8)4-2-3-7(11)5-10/h7-8H,2-6,11H2,1H3. The first-order valence-corrected chi connectivity index (χ1v) is 5.01. The average molecular weight is 183 g/mol. The molecule has 13 heavy (non-hydrogen) atoms. The van der Waals surface area contributed by atoms with E-state index < -0.39 is 0 Å². The molecule has 3 heteroatoms. The second-order valence-electron chi connectivity index (χ2n) is 4.50. The molecule has 0 aliphatic heterocycles. The summed E-state index contributed by atoms with van der Waals surface area (Å²) in [6, 6.07) is 0.309. The third-order valence-electron chi connectivity index (χ3n) is 3.59. The molecule has 2 rings (SSSR count). The normalized spacial score (nSPS) is 43.2. The molecule has 0 aromatic carbocycles. The first-order valence-electron chi connectivity index (χ1n) is 5.01. The molecular weight excluding hydrogens is 166 g/mol. The van der Waals surface area contributed by atoms with Gasteiger partial charge in [0.15, 0.2) is 0 Å². The van der Waals surface area contributed by atoms with Crippen LogP contribution >= 0.6 is 0 Å². The molecule has 0 amide bonds. The fourth-order valence-corrected chi connectivity index (χ4v) is 2.77. The van der Waals surface area contributed by atoms with Gasteiger partial charge in [-0.25, -0.2) is 0 Å². The monoisotopic (exact) mass is 183 g/mol. The maximum atomic E-state index is 11.3. The summed E-state index contributed by atoms with van der Waals surface area (Å²) in [6.07, 6.45) is 5.49. The van der Waals surface area contributed by atoms with Gasteiger partial charge in [0, 0.05) is 6.04 Å². The lowest BCUT2D eigenvalue weighted by Crippen LogP contribution is -2.30. The maximum Gasteiger partial charge on any atom is 0.309 e. The molecule has 2 saturated carbocycles. The second-order valence-corrected chi connectivity index (χ2v) is 4.50. The minimum atomic E-state index is -0.0332. The molecule has 74 valence electrons. The minimum absolute atomic E-state index is 0.0332. The van der Waals surface area contributed by atoms with E-state index >= 15 is 0 Å². The van der Waals surface area contributed by atoms with Crippen molar-refractivity contribution in [3.05, 3.63) is 0 Å². The number of methoxy groups -OCH3 is 1. The van der Waals surface area contributed by atoms with Crippen LogP contribution in [0.2, 0.25) is 0 Å². The van der Waals surface area contributed by atoms with E-state index in [9.17, 15) is 4.79 Å². The number of carbonyl (C=O) groups excluding carboxylic acids is 1. The zero-order valence-electron chi connectivity index (χ0n) is 8.08. The second kappa shape index (κ2) is 2.98. The van der Waals surface area contributed by atoms with Crippen LogP contribution in [0, 0.1) is 11.3 Å². The van der Waals surface area contributed by atoms with Crippen LogP contribution in [0.5, 0.6) is 0 Å². The van der Waals surface area contributed by atoms with Gasteiger partial charge in [-0.1, -0.05) is 6.42 Å². The van der Waals surface area contributed by atoms with Crippen LogP contribution in [0.3, 0.4) is 0 Å². The van der Waals surface area contributed by atoms with E-state index in [1.54, 1.807) is 0 Å². The van der Waals surface area contributed by atoms with Gasteiger partial charge in [-0.15, -0.1) is 0 Å². The topological polar surface area (TPSA) is 52.3 Å². The average Bonchev–Trinajstić information content (AvgIpc) is 2.78. The molecule has 1 spiro atoms. The van der Waals surface area contributed by atoms with Crippen LogP contribution in [0.1, 0.15) is 32.1 Å². The van der Waals surface area contributed by atoms with E-state index in [2.05, 4.69) is 0 Å². The molecule has 2 aliphatic rings. The Morgan fingerprint density at radius 1 is 1.54 bits per heavy atom. The fraction of sp³-hybridized carbons (Fsp3) is 0.900. The third-order valence-corrected chi connectivity index (χ3v) is 3.59. The van der Waals surface area contributed by atoms with Crippen molar-refractivity contribution in [3.63, 3.8) is 0 Å². The summed E-state index contributed by atoms with van der Waals surface area (Å²) in [7, 11) is 1.47. The SMILES string of the molecule is COC(=O)C1CC12CCCC(N)C2. The molecule has 3 unspecified atom stereocenters. The summed E-state index contributed by atoms with van der Waals surface area (Å²) in [6.45, 7) is 0. The van der Waals surface area contributed by atoms with Gasteiger partial charge in [0.2, 0.25) is 0 Å². The Morgan fingerprint density at radius 2 is 2.31 bits per heavy atom. The number of carbonyl (C=O) groups is 1. The van der Waals surface area contributed by atoms with E-state index in [1.165, 1.54) is 20.0 Å². The van der Waals surface area contributed by atoms with Crippen molar-refractivity contribution in [2.75, 3.05) is 7.11 Å². The number of nitrogens with two attached hydrogens (primary N) is 1. The molecule has 3 nitrogen and oxygen atoms in total. The number of rotatable bonds is 1. The summed E-state index contributed by atoms with van der Waals surface area (Å²) in [5.41, 5.74) is 6.14. The van der Waals surface area contributed by atoms with Crippen molar-refractivity contribution < 1.29 is 9.53 Å². The van der Waals surface area contributed by atoms with Gasteiger partial charge in [-0.2, -0.15) is 0 Å². The number of hydrogen-bond acceptors (Lipinski definition) is 3. The van der Waals surface area contributed by atoms with Gasteiger partial charge in [0.1, 0.15) is 0 Å². The van der Waals surface area contributed by atoms with Crippen molar-refractivity contribution in [2.24, 2.45) is 17.1 Å². The van der Waals surface area contributed by atoms with Crippen molar-refractivity contribution >= 4 is 5.97 Å². The Balaban J connectivity index is 1.97. The lowest BCUT2D eigenvalue weighted by molar-refractivity contribution is -0.143. The van der Waals surface area contributed by atoms with E-state index in [0.717, 1.165) is 19.3 Å². The van der Waals surface area contributed by atoms with E-state index in [-0.39, 0.29) is 17.3 Å². The smallest absolute Gasteiger partial charge is 0.309 e. The van der Waals surface area contributed by atoms with Crippen LogP contribution in [0.4, 0.5) is 0 Å². The number of hydrogen-bond donors (Lipinski definition) is 1. The first-order chi connectivity index (χ1) is 6.18. The highest BCUT2D eigenvalue weighted by Crippen LogP contribution is 2.61. The highest BCUT2D eigenvalue weighted by atomic mass is 16.5. The molecular formula is C10H17NO2. The van der Waals surface area contributed by atoms with Gasteiger partial charge in [-0.3, -0.25) is 4.79 Å². The fourth-order valence-electron chi connectivity index (χ4n) is 2.77. The Labute approximate surface area is 78.6 Å². The summed E-state index contributed by atoms with van der Waals surface area (Å²) in [4.78, 5) is 11.3. The quantitative estimate of drug-likeness (QED) is 0.618. The van der Waals surface area contributed by atoms with Crippen LogP contribution in [-0.4, -0.2) is 19.1 Å². The summed E-state index contributed by atoms with van der Waals surface area (Å²) < 4.78 is 4.76. The molecule has 2 aliphatic carbocycles. The predicted molar refractivity (Wildman–Crippen MR) is 49.0 cm³/mol. The van der Waals surface area contributed by atoms with Crippen LogP contribution in [0.15, 0.2) is 0 Å². The lowest BCUT2D eigenvalue weighted by atomic mass is 9.82. The van der Waals surface area contributed by atoms with E-state index in [0.29, 0.717) is 6.04 Å². The van der Waals surface area contributed by atoms with Gasteiger partial charge in [0.25, 0.3) is 0 Å². The van der Waals surface area contributed by atoms with Gasteiger partial charge in [0.05, 0.1) is 13.0 Å². The lowest BCUT2D eigenvalue weighted by Gasteiger charge is -2.27. The summed E-state index contributed by atoms with van der Waals surface area (Å²) in [5, 5.41) is 0. The molecule has 2 N–H and O–H groups in total. The van der Waals surface area contributed by atoms with E-state index in [4.69, 9.17) is 10.5 Å². The third kappa shape index (κ3) is 1.46. The highest BCUT2D eigenvalue weighted by molar-refractivity contribution is 5.76. The zero-order chi connectivity index (χ0) is 9.47. The molecule has 0 aromatic heterocycles. The minimum Gasteiger partial charge on any atom is -0.469 e. The van der Waals surface area contributed by atoms with Crippen molar-refractivity contribution in [1.29, 1.82) is 0 Å². The predicted octanol–water partition coefficient (Wildman–Crippen LogP) is 1.07. The number of ether oxygens (including phenoxy) is 1. The van der Waals surface area contributed by atoms with Crippen LogP contribution in [-0.2, 0) is 9.53 Å². The highest BCUT2D eigenvalue weighted by Gasteiger charge is 2.59. The molecule has 0 radical (unpaired) electrons. The Kier molecular flexibility index (Phi) is 2.06. The van der Waals surface area contributed by atoms with Crippen molar-refractivity contribution in [2.45, 2.75) is 38.1 Å². The Morgan fingerprint density at radius 3 is 2.92 bits per heavy atom. The van der Waals surface area contributed by atoms with Crippen molar-refractivity contribution in [1.82, 2.24) is 0 Å². The molecule has 0 aromatic rings. The van der Waals surface area contributed by atoms with E-state index in [1.807, 2.05) is 0 Å².